The molecule has 0 aliphatic heterocycles. The van der Waals surface area contributed by atoms with Crippen LogP contribution in [0.15, 0.2) is 60.9 Å². The van der Waals surface area contributed by atoms with Gasteiger partial charge in [0.05, 0.1) is 0 Å². The molecule has 1 aromatic carbocycles. The largest absolute Gasteiger partial charge is 0.424 e. The molecule has 1 N–H and O–H groups in total. The summed E-state index contributed by atoms with van der Waals surface area (Å²) >= 11 is 1.64. The van der Waals surface area contributed by atoms with E-state index in [4.69, 9.17) is 4.74 Å². The number of amides is 1. The van der Waals surface area contributed by atoms with E-state index in [1.807, 2.05) is 19.1 Å². The second-order valence-electron chi connectivity index (χ2n) is 4.93. The summed E-state index contributed by atoms with van der Waals surface area (Å²) in [4.78, 5) is 22.3. The number of thiophene rings is 1. The number of hydrogen-bond acceptors (Lipinski definition) is 5. The number of carbonyl (C=O) groups excluding carboxylic acids is 1. The molecular weight excluding hydrogens is 322 g/mol. The Balaban J connectivity index is 1.63. The van der Waals surface area contributed by atoms with Gasteiger partial charge < -0.3 is 10.1 Å². The van der Waals surface area contributed by atoms with Crippen LogP contribution in [0.2, 0.25) is 0 Å². The zero-order valence-electron chi connectivity index (χ0n) is 13.0. The van der Waals surface area contributed by atoms with Gasteiger partial charge in [-0.1, -0.05) is 6.07 Å². The zero-order chi connectivity index (χ0) is 16.8. The van der Waals surface area contributed by atoms with Crippen LogP contribution in [-0.4, -0.2) is 15.9 Å². The first-order valence-electron chi connectivity index (χ1n) is 7.29. The molecule has 2 heterocycles. The summed E-state index contributed by atoms with van der Waals surface area (Å²) in [6.45, 7) is 2.03. The van der Waals surface area contributed by atoms with Crippen molar-refractivity contribution in [3.05, 3.63) is 70.7 Å². The molecule has 5 nitrogen and oxygen atoms in total. The summed E-state index contributed by atoms with van der Waals surface area (Å²) in [7, 11) is 0. The van der Waals surface area contributed by atoms with Crippen LogP contribution in [0.3, 0.4) is 0 Å². The molecule has 1 amide bonds. The van der Waals surface area contributed by atoms with Crippen LogP contribution in [0.5, 0.6) is 11.8 Å². The van der Waals surface area contributed by atoms with E-state index in [9.17, 15) is 4.79 Å². The maximum absolute atomic E-state index is 12.0. The molecule has 0 radical (unpaired) electrons. The lowest BCUT2D eigenvalue weighted by Crippen LogP contribution is -2.07. The number of aromatic nitrogens is 2. The van der Waals surface area contributed by atoms with Gasteiger partial charge in [-0.2, -0.15) is 0 Å². The summed E-state index contributed by atoms with van der Waals surface area (Å²) in [6, 6.07) is 13.1. The summed E-state index contributed by atoms with van der Waals surface area (Å²) in [5.74, 6) is 0.353. The van der Waals surface area contributed by atoms with Crippen molar-refractivity contribution in [1.82, 2.24) is 9.97 Å². The highest BCUT2D eigenvalue weighted by atomic mass is 32.1. The number of rotatable bonds is 5. The number of aryl methyl sites for hydroxylation is 1. The number of hydrogen-bond donors (Lipinski definition) is 1. The van der Waals surface area contributed by atoms with Crippen molar-refractivity contribution in [3.63, 3.8) is 0 Å². The molecule has 0 bridgehead atoms. The van der Waals surface area contributed by atoms with Crippen molar-refractivity contribution in [2.45, 2.75) is 6.92 Å². The molecule has 0 aliphatic carbocycles. The van der Waals surface area contributed by atoms with Gasteiger partial charge in [0, 0.05) is 40.0 Å². The van der Waals surface area contributed by atoms with E-state index in [2.05, 4.69) is 15.3 Å². The second kappa shape index (κ2) is 7.52. The molecule has 0 saturated heterocycles. The number of anilines is 1. The minimum Gasteiger partial charge on any atom is -0.424 e. The average Bonchev–Trinajstić information content (AvgIpc) is 3.00. The number of nitrogens with one attached hydrogen (secondary N) is 1. The molecule has 0 unspecified atom stereocenters. The quantitative estimate of drug-likeness (QED) is 0.705. The van der Waals surface area contributed by atoms with Crippen LogP contribution in [0.1, 0.15) is 9.75 Å². The van der Waals surface area contributed by atoms with Crippen LogP contribution in [0.25, 0.3) is 6.08 Å². The Morgan fingerprint density at radius 1 is 1.17 bits per heavy atom. The van der Waals surface area contributed by atoms with E-state index < -0.39 is 0 Å². The topological polar surface area (TPSA) is 64.1 Å². The average molecular weight is 337 g/mol. The van der Waals surface area contributed by atoms with Crippen molar-refractivity contribution >= 4 is 29.0 Å². The van der Waals surface area contributed by atoms with Crippen LogP contribution >= 0.6 is 11.3 Å². The fourth-order valence-corrected chi connectivity index (χ4v) is 2.75. The van der Waals surface area contributed by atoms with Gasteiger partial charge in [-0.25, -0.2) is 9.97 Å². The number of ether oxygens (including phenoxy) is 1. The van der Waals surface area contributed by atoms with E-state index in [1.54, 1.807) is 60.1 Å². The third kappa shape index (κ3) is 4.50. The lowest BCUT2D eigenvalue weighted by atomic mass is 10.3. The molecule has 6 heteroatoms. The zero-order valence-corrected chi connectivity index (χ0v) is 13.8. The molecule has 0 saturated carbocycles. The third-order valence-corrected chi connectivity index (χ3v) is 3.98. The minimum absolute atomic E-state index is 0.200. The molecule has 3 rings (SSSR count). The lowest BCUT2D eigenvalue weighted by molar-refractivity contribution is -0.111. The van der Waals surface area contributed by atoms with E-state index in [1.165, 1.54) is 11.0 Å². The molecule has 0 fully saturated rings. The van der Waals surface area contributed by atoms with Gasteiger partial charge in [0.15, 0.2) is 0 Å². The van der Waals surface area contributed by atoms with Crippen molar-refractivity contribution in [3.8, 4) is 11.8 Å². The number of benzene rings is 1. The molecule has 3 aromatic rings. The summed E-state index contributed by atoms with van der Waals surface area (Å²) in [5, 5.41) is 2.80. The summed E-state index contributed by atoms with van der Waals surface area (Å²) in [5.41, 5.74) is 0.639. The Morgan fingerprint density at radius 2 is 2.00 bits per heavy atom. The lowest BCUT2D eigenvalue weighted by Gasteiger charge is -2.06. The first-order chi connectivity index (χ1) is 11.7. The maximum atomic E-state index is 12.0. The van der Waals surface area contributed by atoms with Crippen molar-refractivity contribution in [2.24, 2.45) is 0 Å². The maximum Gasteiger partial charge on any atom is 0.321 e. The third-order valence-electron chi connectivity index (χ3n) is 3.01. The van der Waals surface area contributed by atoms with E-state index in [-0.39, 0.29) is 11.9 Å². The van der Waals surface area contributed by atoms with Crippen LogP contribution in [-0.2, 0) is 4.79 Å². The molecule has 2 aromatic heterocycles. The van der Waals surface area contributed by atoms with Gasteiger partial charge in [0.25, 0.3) is 0 Å². The molecule has 0 atom stereocenters. The molecular formula is C18H15N3O2S. The van der Waals surface area contributed by atoms with E-state index in [0.29, 0.717) is 11.4 Å². The summed E-state index contributed by atoms with van der Waals surface area (Å²) in [6.07, 6.45) is 6.51. The van der Waals surface area contributed by atoms with Crippen LogP contribution in [0, 0.1) is 6.92 Å². The SMILES string of the molecule is Cc1ccc(/C=C/C(=O)Nc2cccc(Oc3ncccn3)c2)s1. The smallest absolute Gasteiger partial charge is 0.321 e. The van der Waals surface area contributed by atoms with Gasteiger partial charge in [0.1, 0.15) is 5.75 Å². The first kappa shape index (κ1) is 15.9. The van der Waals surface area contributed by atoms with Gasteiger partial charge in [-0.15, -0.1) is 11.3 Å². The molecule has 120 valence electrons. The Labute approximate surface area is 143 Å². The monoisotopic (exact) mass is 337 g/mol. The molecule has 0 aliphatic rings. The molecule has 0 spiro atoms. The number of carbonyl (C=O) groups is 1. The van der Waals surface area contributed by atoms with Crippen molar-refractivity contribution < 1.29 is 9.53 Å². The predicted octanol–water partition coefficient (Wildman–Crippen LogP) is 4.29. The Hall–Kier alpha value is -2.99. The highest BCUT2D eigenvalue weighted by Gasteiger charge is 2.03. The second-order valence-corrected chi connectivity index (χ2v) is 6.25. The predicted molar refractivity (Wildman–Crippen MR) is 95.3 cm³/mol. The fraction of sp³-hybridized carbons (Fsp3) is 0.0556. The van der Waals surface area contributed by atoms with E-state index >= 15 is 0 Å². The van der Waals surface area contributed by atoms with Crippen molar-refractivity contribution in [2.75, 3.05) is 5.32 Å². The number of nitrogens with zero attached hydrogens (tertiary/aromatic N) is 2. The Bertz CT molecular complexity index is 859. The normalized spacial score (nSPS) is 10.7. The fourth-order valence-electron chi connectivity index (χ4n) is 1.97. The minimum atomic E-state index is -0.200. The van der Waals surface area contributed by atoms with Gasteiger partial charge >= 0.3 is 6.01 Å². The highest BCUT2D eigenvalue weighted by molar-refractivity contribution is 7.12. The summed E-state index contributed by atoms with van der Waals surface area (Å²) < 4.78 is 5.54. The van der Waals surface area contributed by atoms with Crippen molar-refractivity contribution in [1.29, 1.82) is 0 Å². The Morgan fingerprint density at radius 3 is 2.75 bits per heavy atom. The Kier molecular flexibility index (Phi) is 4.98. The molecule has 24 heavy (non-hydrogen) atoms. The van der Waals surface area contributed by atoms with Crippen LogP contribution in [0.4, 0.5) is 5.69 Å². The van der Waals surface area contributed by atoms with Gasteiger partial charge in [0.2, 0.25) is 5.91 Å². The van der Waals surface area contributed by atoms with Gasteiger partial charge in [-0.05, 0) is 43.3 Å². The van der Waals surface area contributed by atoms with Crippen LogP contribution < -0.4 is 10.1 Å². The van der Waals surface area contributed by atoms with E-state index in [0.717, 1.165) is 4.88 Å². The standard InChI is InChI=1S/C18H15N3O2S/c1-13-6-7-16(24-13)8-9-17(22)21-14-4-2-5-15(12-14)23-18-19-10-3-11-20-18/h2-12H,1H3,(H,21,22)/b9-8+. The first-order valence-corrected chi connectivity index (χ1v) is 8.11. The highest BCUT2D eigenvalue weighted by Crippen LogP contribution is 2.21. The van der Waals surface area contributed by atoms with Gasteiger partial charge in [-0.3, -0.25) is 4.79 Å².